The maximum absolute atomic E-state index is 12.0. The Morgan fingerprint density at radius 3 is 2.73 bits per heavy atom. The maximum atomic E-state index is 12.0. The number of halogens is 2. The van der Waals surface area contributed by atoms with Crippen molar-refractivity contribution in [1.82, 2.24) is 5.32 Å². The van der Waals surface area contributed by atoms with Crippen molar-refractivity contribution in [2.75, 3.05) is 18.5 Å². The van der Waals surface area contributed by atoms with Crippen LogP contribution in [0.25, 0.3) is 0 Å². The van der Waals surface area contributed by atoms with Gasteiger partial charge in [0, 0.05) is 5.69 Å². The third kappa shape index (κ3) is 2.99. The molecule has 0 radical (unpaired) electrons. The molecule has 2 heterocycles. The van der Waals surface area contributed by atoms with Gasteiger partial charge in [-0.2, -0.15) is 5.26 Å². The number of nitriles is 1. The quantitative estimate of drug-likeness (QED) is 0.865. The van der Waals surface area contributed by atoms with Crippen LogP contribution >= 0.6 is 23.2 Å². The van der Waals surface area contributed by atoms with E-state index in [1.165, 1.54) is 0 Å². The summed E-state index contributed by atoms with van der Waals surface area (Å²) in [6.45, 7) is 0.654. The number of rotatable bonds is 2. The van der Waals surface area contributed by atoms with Crippen molar-refractivity contribution < 1.29 is 14.3 Å². The summed E-state index contributed by atoms with van der Waals surface area (Å²) in [5, 5.41) is 15.2. The molecule has 3 rings (SSSR count). The Bertz CT molecular complexity index is 634. The van der Waals surface area contributed by atoms with Gasteiger partial charge in [0.15, 0.2) is 0 Å². The number of nitrogens with zero attached hydrogens (tertiary/aromatic N) is 1. The van der Waals surface area contributed by atoms with E-state index >= 15 is 0 Å². The van der Waals surface area contributed by atoms with Gasteiger partial charge in [-0.1, -0.05) is 23.2 Å². The molecule has 2 amide bonds. The van der Waals surface area contributed by atoms with Crippen LogP contribution in [0.1, 0.15) is 0 Å². The minimum atomic E-state index is -0.392. The van der Waals surface area contributed by atoms with Crippen LogP contribution in [0.15, 0.2) is 18.2 Å². The van der Waals surface area contributed by atoms with E-state index in [0.717, 1.165) is 0 Å². The van der Waals surface area contributed by atoms with Crippen molar-refractivity contribution in [3.05, 3.63) is 28.2 Å². The standard InChI is InChI=1S/C14H13Cl2N3O3/c15-9-2-1-8(3-10(9)16)18-14(20)19-11-6-22-12-7(4-17)5-21-13(11)12/h1-3,7,11-13H,5-6H2,(H2,18,19,20)/t7-,11-,12+,13+/m0/s1. The Morgan fingerprint density at radius 1 is 1.23 bits per heavy atom. The zero-order valence-corrected chi connectivity index (χ0v) is 12.9. The molecule has 0 saturated carbocycles. The Morgan fingerprint density at radius 2 is 2.00 bits per heavy atom. The van der Waals surface area contributed by atoms with Crippen LogP contribution in [0.4, 0.5) is 10.5 Å². The first-order valence-electron chi connectivity index (χ1n) is 6.74. The third-order valence-corrected chi connectivity index (χ3v) is 4.45. The maximum Gasteiger partial charge on any atom is 0.319 e. The fourth-order valence-electron chi connectivity index (χ4n) is 2.64. The molecule has 0 unspecified atom stereocenters. The molecule has 8 heteroatoms. The predicted molar refractivity (Wildman–Crippen MR) is 81.0 cm³/mol. The molecule has 22 heavy (non-hydrogen) atoms. The number of benzene rings is 1. The summed E-state index contributed by atoms with van der Waals surface area (Å²) >= 11 is 11.7. The van der Waals surface area contributed by atoms with Gasteiger partial charge in [-0.25, -0.2) is 4.79 Å². The zero-order chi connectivity index (χ0) is 15.7. The van der Waals surface area contributed by atoms with Crippen molar-refractivity contribution >= 4 is 34.9 Å². The van der Waals surface area contributed by atoms with E-state index in [9.17, 15) is 4.79 Å². The fourth-order valence-corrected chi connectivity index (χ4v) is 2.94. The Labute approximate surface area is 137 Å². The highest BCUT2D eigenvalue weighted by molar-refractivity contribution is 6.42. The van der Waals surface area contributed by atoms with E-state index in [-0.39, 0.29) is 24.2 Å². The lowest BCUT2D eigenvalue weighted by molar-refractivity contribution is 0.0665. The summed E-state index contributed by atoms with van der Waals surface area (Å²) in [5.41, 5.74) is 0.532. The molecule has 0 aromatic heterocycles. The van der Waals surface area contributed by atoms with Crippen molar-refractivity contribution in [1.29, 1.82) is 5.26 Å². The van der Waals surface area contributed by atoms with Crippen molar-refractivity contribution in [2.45, 2.75) is 18.2 Å². The highest BCUT2D eigenvalue weighted by atomic mass is 35.5. The molecule has 0 bridgehead atoms. The largest absolute Gasteiger partial charge is 0.372 e. The van der Waals surface area contributed by atoms with Gasteiger partial charge in [-0.3, -0.25) is 0 Å². The van der Waals surface area contributed by atoms with Gasteiger partial charge < -0.3 is 20.1 Å². The second-order valence-corrected chi connectivity index (χ2v) is 5.98. The molecule has 2 fully saturated rings. The molecule has 2 saturated heterocycles. The molecule has 2 N–H and O–H groups in total. The number of urea groups is 1. The number of hydrogen-bond donors (Lipinski definition) is 2. The minimum absolute atomic E-state index is 0.278. The Balaban J connectivity index is 1.59. The lowest BCUT2D eigenvalue weighted by atomic mass is 10.0. The minimum Gasteiger partial charge on any atom is -0.372 e. The monoisotopic (exact) mass is 341 g/mol. The number of carbonyl (C=O) groups excluding carboxylic acids is 1. The van der Waals surface area contributed by atoms with Gasteiger partial charge in [-0.05, 0) is 18.2 Å². The van der Waals surface area contributed by atoms with E-state index in [2.05, 4.69) is 16.7 Å². The van der Waals surface area contributed by atoms with Crippen molar-refractivity contribution in [2.24, 2.45) is 5.92 Å². The van der Waals surface area contributed by atoms with E-state index in [0.29, 0.717) is 28.9 Å². The van der Waals surface area contributed by atoms with Crippen LogP contribution in [0.3, 0.4) is 0 Å². The van der Waals surface area contributed by atoms with Crippen LogP contribution in [-0.4, -0.2) is 37.5 Å². The molecule has 4 atom stereocenters. The number of fused-ring (bicyclic) bond motifs is 1. The van der Waals surface area contributed by atoms with Crippen molar-refractivity contribution in [3.8, 4) is 6.07 Å². The molecule has 6 nitrogen and oxygen atoms in total. The lowest BCUT2D eigenvalue weighted by Gasteiger charge is -2.18. The SMILES string of the molecule is N#C[C@H]1CO[C@H]2[C@@H]1OC[C@@H]2NC(=O)Nc1ccc(Cl)c(Cl)c1. The first kappa shape index (κ1) is 15.4. The van der Waals surface area contributed by atoms with Crippen LogP contribution in [0, 0.1) is 17.2 Å². The number of carbonyl (C=O) groups is 1. The second-order valence-electron chi connectivity index (χ2n) is 5.17. The highest BCUT2D eigenvalue weighted by Crippen LogP contribution is 2.31. The summed E-state index contributed by atoms with van der Waals surface area (Å²) in [6, 6.07) is 6.30. The number of anilines is 1. The van der Waals surface area contributed by atoms with E-state index in [1.807, 2.05) is 0 Å². The van der Waals surface area contributed by atoms with Crippen molar-refractivity contribution in [3.63, 3.8) is 0 Å². The first-order valence-corrected chi connectivity index (χ1v) is 7.49. The van der Waals surface area contributed by atoms with Gasteiger partial charge in [0.25, 0.3) is 0 Å². The van der Waals surface area contributed by atoms with Gasteiger partial charge in [0.05, 0.1) is 41.3 Å². The van der Waals surface area contributed by atoms with E-state index < -0.39 is 6.03 Å². The van der Waals surface area contributed by atoms with Gasteiger partial charge in [-0.15, -0.1) is 0 Å². The highest BCUT2D eigenvalue weighted by Gasteiger charge is 2.48. The van der Waals surface area contributed by atoms with Gasteiger partial charge in [0.1, 0.15) is 12.2 Å². The topological polar surface area (TPSA) is 83.4 Å². The molecule has 0 aliphatic carbocycles. The second kappa shape index (κ2) is 6.31. The Kier molecular flexibility index (Phi) is 4.41. The predicted octanol–water partition coefficient (Wildman–Crippen LogP) is 2.42. The molecule has 1 aromatic carbocycles. The summed E-state index contributed by atoms with van der Waals surface area (Å²) in [5.74, 6) is -0.282. The number of nitrogens with one attached hydrogen (secondary N) is 2. The van der Waals surface area contributed by atoms with E-state index in [4.69, 9.17) is 37.9 Å². The first-order chi connectivity index (χ1) is 10.6. The molecular formula is C14H13Cl2N3O3. The van der Waals surface area contributed by atoms with Gasteiger partial charge >= 0.3 is 6.03 Å². The summed E-state index contributed by atoms with van der Waals surface area (Å²) in [4.78, 5) is 12.0. The lowest BCUT2D eigenvalue weighted by Crippen LogP contribution is -2.45. The normalized spacial score (nSPS) is 29.7. The molecule has 1 aromatic rings. The average molecular weight is 342 g/mol. The molecule has 0 spiro atoms. The number of amides is 2. The van der Waals surface area contributed by atoms with Crippen LogP contribution in [-0.2, 0) is 9.47 Å². The summed E-state index contributed by atoms with van der Waals surface area (Å²) in [7, 11) is 0. The Hall–Kier alpha value is -1.52. The molecule has 116 valence electrons. The van der Waals surface area contributed by atoms with E-state index in [1.54, 1.807) is 18.2 Å². The zero-order valence-electron chi connectivity index (χ0n) is 11.4. The fraction of sp³-hybridized carbons (Fsp3) is 0.429. The number of hydrogen-bond acceptors (Lipinski definition) is 4. The van der Waals surface area contributed by atoms with Crippen LogP contribution in [0.5, 0.6) is 0 Å². The summed E-state index contributed by atoms with van der Waals surface area (Å²) in [6.07, 6.45) is -0.565. The number of ether oxygens (including phenoxy) is 2. The molecule has 2 aliphatic heterocycles. The third-order valence-electron chi connectivity index (χ3n) is 3.71. The molecule has 2 aliphatic rings. The smallest absolute Gasteiger partial charge is 0.319 e. The van der Waals surface area contributed by atoms with Crippen LogP contribution < -0.4 is 10.6 Å². The van der Waals surface area contributed by atoms with Crippen LogP contribution in [0.2, 0.25) is 10.0 Å². The van der Waals surface area contributed by atoms with Gasteiger partial charge in [0.2, 0.25) is 0 Å². The summed E-state index contributed by atoms with van der Waals surface area (Å²) < 4.78 is 11.1. The molecular weight excluding hydrogens is 329 g/mol. The average Bonchev–Trinajstić information content (AvgIpc) is 3.06.